The second-order valence-electron chi connectivity index (χ2n) is 4.48. The van der Waals surface area contributed by atoms with E-state index in [0.717, 1.165) is 27.3 Å². The number of nitrogens with zero attached hydrogens (tertiary/aromatic N) is 1. The van der Waals surface area contributed by atoms with Crippen LogP contribution >= 0.6 is 15.9 Å². The molecule has 0 aliphatic heterocycles. The molecule has 0 saturated carbocycles. The van der Waals surface area contributed by atoms with Gasteiger partial charge in [-0.3, -0.25) is 4.98 Å². The number of methoxy groups -OCH3 is 1. The first-order valence-corrected chi connectivity index (χ1v) is 6.89. The molecule has 0 unspecified atom stereocenters. The molecule has 1 aromatic carbocycles. The van der Waals surface area contributed by atoms with Gasteiger partial charge in [0.05, 0.1) is 19.3 Å². The van der Waals surface area contributed by atoms with Gasteiger partial charge in [-0.2, -0.15) is 0 Å². The van der Waals surface area contributed by atoms with Crippen LogP contribution in [-0.4, -0.2) is 12.1 Å². The quantitative estimate of drug-likeness (QED) is 0.921. The van der Waals surface area contributed by atoms with E-state index in [4.69, 9.17) is 4.74 Å². The molecule has 0 aliphatic carbocycles. The molecule has 19 heavy (non-hydrogen) atoms. The number of aryl methyl sites for hydroxylation is 2. The second-order valence-corrected chi connectivity index (χ2v) is 5.33. The van der Waals surface area contributed by atoms with Gasteiger partial charge >= 0.3 is 0 Å². The molecule has 0 fully saturated rings. The van der Waals surface area contributed by atoms with Crippen LogP contribution < -0.4 is 10.1 Å². The van der Waals surface area contributed by atoms with Gasteiger partial charge in [-0.25, -0.2) is 0 Å². The van der Waals surface area contributed by atoms with Crippen LogP contribution in [0.15, 0.2) is 34.8 Å². The van der Waals surface area contributed by atoms with Crippen molar-refractivity contribution in [3.05, 3.63) is 51.8 Å². The maximum absolute atomic E-state index is 5.25. The number of rotatable bonds is 4. The standard InChI is InChI=1S/C15H17BrN2O/c1-10-4-5-15(14(16)6-10)17-9-12-8-13(19-3)7-11(2)18-12/h4-8,17H,9H2,1-3H3. The Kier molecular flexibility index (Phi) is 4.43. The summed E-state index contributed by atoms with van der Waals surface area (Å²) in [5.74, 6) is 0.840. The molecule has 0 amide bonds. The molecule has 2 aromatic rings. The number of hydrogen-bond donors (Lipinski definition) is 1. The number of ether oxygens (including phenoxy) is 1. The fraction of sp³-hybridized carbons (Fsp3) is 0.267. The highest BCUT2D eigenvalue weighted by atomic mass is 79.9. The molecule has 0 spiro atoms. The molecule has 4 heteroatoms. The van der Waals surface area contributed by atoms with Crippen LogP contribution in [0.2, 0.25) is 0 Å². The van der Waals surface area contributed by atoms with E-state index in [1.165, 1.54) is 5.56 Å². The van der Waals surface area contributed by atoms with Crippen molar-refractivity contribution in [3.63, 3.8) is 0 Å². The fourth-order valence-electron chi connectivity index (χ4n) is 1.86. The molecule has 0 bridgehead atoms. The maximum atomic E-state index is 5.25. The Morgan fingerprint density at radius 3 is 2.68 bits per heavy atom. The molecule has 2 rings (SSSR count). The van der Waals surface area contributed by atoms with Gasteiger partial charge in [0, 0.05) is 28.0 Å². The number of hydrogen-bond acceptors (Lipinski definition) is 3. The topological polar surface area (TPSA) is 34.1 Å². The van der Waals surface area contributed by atoms with Crippen molar-refractivity contribution in [1.29, 1.82) is 0 Å². The zero-order chi connectivity index (χ0) is 13.8. The van der Waals surface area contributed by atoms with E-state index in [9.17, 15) is 0 Å². The summed E-state index contributed by atoms with van der Waals surface area (Å²) in [5.41, 5.74) is 4.21. The minimum atomic E-state index is 0.666. The lowest BCUT2D eigenvalue weighted by Crippen LogP contribution is -2.03. The van der Waals surface area contributed by atoms with Crippen LogP contribution in [0.4, 0.5) is 5.69 Å². The summed E-state index contributed by atoms with van der Waals surface area (Å²) in [6.07, 6.45) is 0. The lowest BCUT2D eigenvalue weighted by molar-refractivity contribution is 0.413. The van der Waals surface area contributed by atoms with E-state index in [1.807, 2.05) is 19.1 Å². The average Bonchev–Trinajstić information content (AvgIpc) is 2.37. The maximum Gasteiger partial charge on any atom is 0.122 e. The highest BCUT2D eigenvalue weighted by Crippen LogP contribution is 2.24. The summed E-state index contributed by atoms with van der Waals surface area (Å²) in [7, 11) is 1.67. The molecule has 0 saturated heterocycles. The number of anilines is 1. The van der Waals surface area contributed by atoms with E-state index in [2.05, 4.69) is 51.4 Å². The molecule has 1 aromatic heterocycles. The lowest BCUT2D eigenvalue weighted by Gasteiger charge is -2.10. The zero-order valence-electron chi connectivity index (χ0n) is 11.3. The summed E-state index contributed by atoms with van der Waals surface area (Å²) in [6.45, 7) is 4.70. The Labute approximate surface area is 122 Å². The molecule has 100 valence electrons. The lowest BCUT2D eigenvalue weighted by atomic mass is 10.2. The van der Waals surface area contributed by atoms with Gasteiger partial charge in [0.15, 0.2) is 0 Å². The summed E-state index contributed by atoms with van der Waals surface area (Å²) in [6, 6.07) is 10.1. The highest BCUT2D eigenvalue weighted by Gasteiger charge is 2.03. The Hall–Kier alpha value is -1.55. The number of halogens is 1. The Morgan fingerprint density at radius 2 is 2.00 bits per heavy atom. The molecular formula is C15H17BrN2O. The van der Waals surface area contributed by atoms with Crippen molar-refractivity contribution < 1.29 is 4.74 Å². The highest BCUT2D eigenvalue weighted by molar-refractivity contribution is 9.10. The van der Waals surface area contributed by atoms with Crippen molar-refractivity contribution in [2.75, 3.05) is 12.4 Å². The monoisotopic (exact) mass is 320 g/mol. The smallest absolute Gasteiger partial charge is 0.122 e. The molecule has 1 heterocycles. The number of aromatic nitrogens is 1. The van der Waals surface area contributed by atoms with Crippen LogP contribution in [0.25, 0.3) is 0 Å². The summed E-state index contributed by atoms with van der Waals surface area (Å²) in [4.78, 5) is 4.49. The third kappa shape index (κ3) is 3.70. The zero-order valence-corrected chi connectivity index (χ0v) is 12.9. The Bertz CT molecular complexity index is 584. The molecule has 0 radical (unpaired) electrons. The van der Waals surface area contributed by atoms with Crippen LogP contribution in [0.1, 0.15) is 17.0 Å². The number of pyridine rings is 1. The molecule has 0 aliphatic rings. The van der Waals surface area contributed by atoms with Gasteiger partial charge < -0.3 is 10.1 Å². The van der Waals surface area contributed by atoms with Crippen molar-refractivity contribution in [2.24, 2.45) is 0 Å². The van der Waals surface area contributed by atoms with Gasteiger partial charge in [0.2, 0.25) is 0 Å². The fourth-order valence-corrected chi connectivity index (χ4v) is 2.49. The predicted molar refractivity (Wildman–Crippen MR) is 81.7 cm³/mol. The average molecular weight is 321 g/mol. The minimum Gasteiger partial charge on any atom is -0.497 e. The summed E-state index contributed by atoms with van der Waals surface area (Å²) in [5, 5.41) is 3.37. The van der Waals surface area contributed by atoms with Gasteiger partial charge in [-0.1, -0.05) is 6.07 Å². The first-order valence-electron chi connectivity index (χ1n) is 6.10. The normalized spacial score (nSPS) is 10.3. The van der Waals surface area contributed by atoms with Crippen LogP contribution in [-0.2, 0) is 6.54 Å². The third-order valence-corrected chi connectivity index (χ3v) is 3.46. The van der Waals surface area contributed by atoms with Crippen molar-refractivity contribution in [1.82, 2.24) is 4.98 Å². The van der Waals surface area contributed by atoms with Gasteiger partial charge in [-0.15, -0.1) is 0 Å². The third-order valence-electron chi connectivity index (χ3n) is 2.80. The first kappa shape index (κ1) is 13.9. The van der Waals surface area contributed by atoms with E-state index in [1.54, 1.807) is 7.11 Å². The van der Waals surface area contributed by atoms with Gasteiger partial charge in [0.25, 0.3) is 0 Å². The summed E-state index contributed by atoms with van der Waals surface area (Å²) < 4.78 is 6.31. The van der Waals surface area contributed by atoms with Crippen molar-refractivity contribution in [2.45, 2.75) is 20.4 Å². The SMILES string of the molecule is COc1cc(C)nc(CNc2ccc(C)cc2Br)c1. The largest absolute Gasteiger partial charge is 0.497 e. The summed E-state index contributed by atoms with van der Waals surface area (Å²) >= 11 is 3.56. The van der Waals surface area contributed by atoms with Crippen LogP contribution in [0.3, 0.4) is 0 Å². The van der Waals surface area contributed by atoms with Crippen LogP contribution in [0, 0.1) is 13.8 Å². The van der Waals surface area contributed by atoms with Crippen molar-refractivity contribution in [3.8, 4) is 5.75 Å². The van der Waals surface area contributed by atoms with E-state index < -0.39 is 0 Å². The van der Waals surface area contributed by atoms with Crippen molar-refractivity contribution >= 4 is 21.6 Å². The van der Waals surface area contributed by atoms with Gasteiger partial charge in [0.1, 0.15) is 5.75 Å². The molecule has 1 N–H and O–H groups in total. The van der Waals surface area contributed by atoms with E-state index in [0.29, 0.717) is 6.54 Å². The van der Waals surface area contributed by atoms with Gasteiger partial charge in [-0.05, 0) is 47.5 Å². The number of benzene rings is 1. The first-order chi connectivity index (χ1) is 9.08. The predicted octanol–water partition coefficient (Wildman–Crippen LogP) is 4.08. The molecule has 3 nitrogen and oxygen atoms in total. The van der Waals surface area contributed by atoms with E-state index in [-0.39, 0.29) is 0 Å². The second kappa shape index (κ2) is 6.06. The Balaban J connectivity index is 2.12. The number of nitrogens with one attached hydrogen (secondary N) is 1. The Morgan fingerprint density at radius 1 is 1.21 bits per heavy atom. The van der Waals surface area contributed by atoms with E-state index >= 15 is 0 Å². The minimum absolute atomic E-state index is 0.666. The van der Waals surface area contributed by atoms with Crippen LogP contribution in [0.5, 0.6) is 5.75 Å². The molecular weight excluding hydrogens is 304 g/mol. The molecule has 0 atom stereocenters.